The third-order valence-corrected chi connectivity index (χ3v) is 1.97. The zero-order valence-corrected chi connectivity index (χ0v) is 12.9. The van der Waals surface area contributed by atoms with Gasteiger partial charge in [0.2, 0.25) is 0 Å². The molecule has 0 saturated heterocycles. The second kappa shape index (κ2) is 14.2. The molecule has 0 aliphatic carbocycles. The van der Waals surface area contributed by atoms with Crippen LogP contribution in [0, 0.1) is 0 Å². The van der Waals surface area contributed by atoms with Gasteiger partial charge in [0.15, 0.2) is 5.82 Å². The van der Waals surface area contributed by atoms with Crippen molar-refractivity contribution in [1.29, 1.82) is 0 Å². The van der Waals surface area contributed by atoms with E-state index in [0.717, 1.165) is 12.2 Å². The van der Waals surface area contributed by atoms with Gasteiger partial charge >= 0.3 is 0 Å². The van der Waals surface area contributed by atoms with Crippen molar-refractivity contribution in [3.8, 4) is 0 Å². The summed E-state index contributed by atoms with van der Waals surface area (Å²) >= 11 is 0. The smallest absolute Gasteiger partial charge is 0.153 e. The van der Waals surface area contributed by atoms with E-state index in [0.29, 0.717) is 0 Å². The van der Waals surface area contributed by atoms with Crippen LogP contribution in [0.5, 0.6) is 0 Å². The SMILES string of the molecule is C=C/C=C/N(N=C)c1ccc(CC)cn1.CC.CC. The summed E-state index contributed by atoms with van der Waals surface area (Å²) in [5, 5.41) is 5.44. The first kappa shape index (κ1) is 19.4. The van der Waals surface area contributed by atoms with E-state index in [-0.39, 0.29) is 0 Å². The lowest BCUT2D eigenvalue weighted by Crippen LogP contribution is -2.08. The second-order valence-electron chi connectivity index (χ2n) is 2.94. The predicted molar refractivity (Wildman–Crippen MR) is 87.7 cm³/mol. The van der Waals surface area contributed by atoms with E-state index in [9.17, 15) is 0 Å². The maximum Gasteiger partial charge on any atom is 0.153 e. The molecule has 3 nitrogen and oxygen atoms in total. The van der Waals surface area contributed by atoms with E-state index in [4.69, 9.17) is 0 Å². The molecule has 0 amide bonds. The Labute approximate surface area is 118 Å². The Morgan fingerprint density at radius 3 is 2.26 bits per heavy atom. The van der Waals surface area contributed by atoms with Crippen LogP contribution < -0.4 is 5.01 Å². The first-order valence-corrected chi connectivity index (χ1v) is 6.81. The minimum atomic E-state index is 0.750. The Morgan fingerprint density at radius 2 is 1.89 bits per heavy atom. The van der Waals surface area contributed by atoms with Crippen LogP contribution in [0.4, 0.5) is 5.82 Å². The number of hydrogen-bond donors (Lipinski definition) is 0. The fraction of sp³-hybridized carbons (Fsp3) is 0.375. The molecular formula is C16H27N3. The monoisotopic (exact) mass is 261 g/mol. The zero-order chi connectivity index (χ0) is 15.1. The first-order chi connectivity index (χ1) is 9.31. The van der Waals surface area contributed by atoms with Crippen molar-refractivity contribution < 1.29 is 0 Å². The van der Waals surface area contributed by atoms with E-state index >= 15 is 0 Å². The number of hydrogen-bond acceptors (Lipinski definition) is 3. The molecule has 0 radical (unpaired) electrons. The Hall–Kier alpha value is -1.90. The number of aryl methyl sites for hydroxylation is 1. The average Bonchev–Trinajstić information content (AvgIpc) is 2.52. The number of hydrazone groups is 1. The van der Waals surface area contributed by atoms with Crippen molar-refractivity contribution in [1.82, 2.24) is 4.98 Å². The van der Waals surface area contributed by atoms with E-state index in [1.807, 2.05) is 46.0 Å². The first-order valence-electron chi connectivity index (χ1n) is 6.81. The predicted octanol–water partition coefficient (Wildman–Crippen LogP) is 4.82. The number of pyridine rings is 1. The molecule has 1 aromatic rings. The highest BCUT2D eigenvalue weighted by molar-refractivity contribution is 5.45. The molecule has 1 rings (SSSR count). The molecule has 0 bridgehead atoms. The summed E-state index contributed by atoms with van der Waals surface area (Å²) in [5.74, 6) is 0.750. The highest BCUT2D eigenvalue weighted by atomic mass is 15.5. The minimum absolute atomic E-state index is 0.750. The second-order valence-corrected chi connectivity index (χ2v) is 2.94. The van der Waals surface area contributed by atoms with Crippen molar-refractivity contribution in [2.45, 2.75) is 41.0 Å². The fourth-order valence-corrected chi connectivity index (χ4v) is 1.10. The van der Waals surface area contributed by atoms with Gasteiger partial charge in [-0.1, -0.05) is 53.3 Å². The molecule has 0 saturated carbocycles. The third kappa shape index (κ3) is 7.92. The maximum absolute atomic E-state index is 4.28. The van der Waals surface area contributed by atoms with Gasteiger partial charge in [-0.25, -0.2) is 9.99 Å². The van der Waals surface area contributed by atoms with Crippen molar-refractivity contribution in [2.24, 2.45) is 5.10 Å². The van der Waals surface area contributed by atoms with Gasteiger partial charge in [-0.2, -0.15) is 5.10 Å². The van der Waals surface area contributed by atoms with Crippen LogP contribution in [0.15, 0.2) is 48.4 Å². The molecule has 3 heteroatoms. The van der Waals surface area contributed by atoms with Crippen LogP contribution in [0.3, 0.4) is 0 Å². The summed E-state index contributed by atoms with van der Waals surface area (Å²) in [7, 11) is 0. The van der Waals surface area contributed by atoms with E-state index in [2.05, 4.69) is 30.3 Å². The quantitative estimate of drug-likeness (QED) is 0.432. The summed E-state index contributed by atoms with van der Waals surface area (Å²) in [4.78, 5) is 4.28. The summed E-state index contributed by atoms with van der Waals surface area (Å²) in [6.07, 6.45) is 8.04. The van der Waals surface area contributed by atoms with Gasteiger partial charge in [0.25, 0.3) is 0 Å². The largest absolute Gasteiger partial charge is 0.237 e. The molecule has 0 unspecified atom stereocenters. The van der Waals surface area contributed by atoms with Crippen LogP contribution in [0.25, 0.3) is 0 Å². The standard InChI is InChI=1S/C12H15N3.2C2H6/c1-4-6-9-15(13-3)12-8-7-11(5-2)10-14-12;2*1-2/h4,6-10H,1,3,5H2,2H3;2*1-2H3/b9-6+;;. The topological polar surface area (TPSA) is 28.5 Å². The lowest BCUT2D eigenvalue weighted by Gasteiger charge is -2.11. The fourth-order valence-electron chi connectivity index (χ4n) is 1.10. The van der Waals surface area contributed by atoms with Crippen LogP contribution in [-0.4, -0.2) is 11.7 Å². The Morgan fingerprint density at radius 1 is 1.26 bits per heavy atom. The highest BCUT2D eigenvalue weighted by Gasteiger charge is 2.00. The van der Waals surface area contributed by atoms with Gasteiger partial charge in [-0.15, -0.1) is 0 Å². The molecule has 1 aromatic heterocycles. The molecule has 106 valence electrons. The van der Waals surface area contributed by atoms with E-state index in [1.54, 1.807) is 23.4 Å². The van der Waals surface area contributed by atoms with E-state index in [1.165, 1.54) is 5.56 Å². The molecule has 19 heavy (non-hydrogen) atoms. The van der Waals surface area contributed by atoms with Gasteiger partial charge in [0, 0.05) is 19.1 Å². The highest BCUT2D eigenvalue weighted by Crippen LogP contribution is 2.12. The maximum atomic E-state index is 4.28. The molecule has 0 atom stereocenters. The lowest BCUT2D eigenvalue weighted by molar-refractivity contribution is 1.02. The van der Waals surface area contributed by atoms with Crippen LogP contribution in [-0.2, 0) is 6.42 Å². The Balaban J connectivity index is 0. The van der Waals surface area contributed by atoms with Crippen LogP contribution >= 0.6 is 0 Å². The number of aromatic nitrogens is 1. The Bertz CT molecular complexity index is 353. The summed E-state index contributed by atoms with van der Waals surface area (Å²) in [5.41, 5.74) is 1.20. The number of allylic oxidation sites excluding steroid dienone is 2. The minimum Gasteiger partial charge on any atom is -0.237 e. The van der Waals surface area contributed by atoms with Crippen molar-refractivity contribution in [3.63, 3.8) is 0 Å². The van der Waals surface area contributed by atoms with Crippen molar-refractivity contribution in [3.05, 3.63) is 48.8 Å². The molecule has 0 aromatic carbocycles. The molecule has 0 spiro atoms. The summed E-state index contributed by atoms with van der Waals surface area (Å²) < 4.78 is 0. The van der Waals surface area contributed by atoms with Gasteiger partial charge in [-0.05, 0) is 24.1 Å². The molecule has 1 heterocycles. The number of rotatable bonds is 5. The van der Waals surface area contributed by atoms with Crippen molar-refractivity contribution in [2.75, 3.05) is 5.01 Å². The van der Waals surface area contributed by atoms with Crippen molar-refractivity contribution >= 4 is 12.5 Å². The van der Waals surface area contributed by atoms with Crippen LogP contribution in [0.1, 0.15) is 40.2 Å². The summed E-state index contributed by atoms with van der Waals surface area (Å²) in [6.45, 7) is 17.2. The van der Waals surface area contributed by atoms with Crippen LogP contribution in [0.2, 0.25) is 0 Å². The normalized spacial score (nSPS) is 8.68. The van der Waals surface area contributed by atoms with Gasteiger partial charge in [-0.3, -0.25) is 0 Å². The van der Waals surface area contributed by atoms with Gasteiger partial charge in [0.1, 0.15) is 0 Å². The Kier molecular flexibility index (Phi) is 14.5. The lowest BCUT2D eigenvalue weighted by atomic mass is 10.2. The average molecular weight is 261 g/mol. The zero-order valence-electron chi connectivity index (χ0n) is 12.9. The molecule has 0 fully saturated rings. The number of nitrogens with zero attached hydrogens (tertiary/aromatic N) is 3. The van der Waals surface area contributed by atoms with Gasteiger partial charge in [0.05, 0.1) is 0 Å². The molecule has 0 aliphatic heterocycles. The van der Waals surface area contributed by atoms with Gasteiger partial charge < -0.3 is 0 Å². The third-order valence-electron chi connectivity index (χ3n) is 1.97. The van der Waals surface area contributed by atoms with E-state index < -0.39 is 0 Å². The molecule has 0 aliphatic rings. The number of anilines is 1. The molecular weight excluding hydrogens is 234 g/mol. The molecule has 0 N–H and O–H groups in total. The summed E-state index contributed by atoms with van der Waals surface area (Å²) in [6, 6.07) is 3.95.